The van der Waals surface area contributed by atoms with E-state index in [1.54, 1.807) is 47.4 Å². The average molecular weight is 622 g/mol. The van der Waals surface area contributed by atoms with Gasteiger partial charge in [0.15, 0.2) is 0 Å². The summed E-state index contributed by atoms with van der Waals surface area (Å²) in [7, 11) is 1.86. The van der Waals surface area contributed by atoms with Gasteiger partial charge in [-0.2, -0.15) is 0 Å². The lowest BCUT2D eigenvalue weighted by atomic mass is 9.88. The first kappa shape index (κ1) is 34.4. The summed E-state index contributed by atoms with van der Waals surface area (Å²) in [6, 6.07) is 13.6. The first-order chi connectivity index (χ1) is 21.7. The Labute approximate surface area is 268 Å². The van der Waals surface area contributed by atoms with Crippen molar-refractivity contribution in [3.63, 3.8) is 0 Å². The number of carbonyl (C=O) groups is 3. The standard InChI is InChI=1S/C36H51N3O6/c1-25-22-39(26(2)24-40)36(43)31-21-30(37-34(41)28-14-7-5-8-15-28)18-19-32(31)45-27(3)13-11-12-20-44-33(25)23-38(4)35(42)29-16-9-6-10-17-29/h5,7-8,14-15,18-19,21,25-27,29,33,40H,6,9-13,16-17,20,22-24H2,1-4H3,(H,37,41)/t25-,26-,27-,33-/m1/s1. The van der Waals surface area contributed by atoms with Gasteiger partial charge in [0.05, 0.1) is 30.4 Å². The van der Waals surface area contributed by atoms with E-state index in [2.05, 4.69) is 5.32 Å². The zero-order valence-corrected chi connectivity index (χ0v) is 27.4. The van der Waals surface area contributed by atoms with Crippen molar-refractivity contribution in [1.82, 2.24) is 9.80 Å². The number of nitrogens with one attached hydrogen (secondary N) is 1. The Balaban J connectivity index is 1.61. The maximum Gasteiger partial charge on any atom is 0.258 e. The van der Waals surface area contributed by atoms with Crippen molar-refractivity contribution in [3.05, 3.63) is 59.7 Å². The third-order valence-electron chi connectivity index (χ3n) is 9.13. The van der Waals surface area contributed by atoms with E-state index in [4.69, 9.17) is 9.47 Å². The Morgan fingerprint density at radius 3 is 2.44 bits per heavy atom. The second-order valence-electron chi connectivity index (χ2n) is 12.9. The fraction of sp³-hybridized carbons (Fsp3) is 0.583. The summed E-state index contributed by atoms with van der Waals surface area (Å²) in [5.41, 5.74) is 1.30. The van der Waals surface area contributed by atoms with Gasteiger partial charge in [0.2, 0.25) is 5.91 Å². The van der Waals surface area contributed by atoms with Crippen LogP contribution >= 0.6 is 0 Å². The Hall–Kier alpha value is -3.43. The predicted molar refractivity (Wildman–Crippen MR) is 175 cm³/mol. The molecule has 1 saturated carbocycles. The van der Waals surface area contributed by atoms with Crippen LogP contribution in [0.15, 0.2) is 48.5 Å². The lowest BCUT2D eigenvalue weighted by Gasteiger charge is -2.36. The van der Waals surface area contributed by atoms with Crippen LogP contribution in [0.4, 0.5) is 5.69 Å². The Bertz CT molecular complexity index is 1260. The number of rotatable bonds is 7. The van der Waals surface area contributed by atoms with Crippen LogP contribution in [0.1, 0.15) is 92.9 Å². The number of aliphatic hydroxyl groups is 1. The third-order valence-corrected chi connectivity index (χ3v) is 9.13. The van der Waals surface area contributed by atoms with Crippen LogP contribution in [0.2, 0.25) is 0 Å². The summed E-state index contributed by atoms with van der Waals surface area (Å²) in [6.07, 6.45) is 7.35. The molecule has 2 aliphatic rings. The second kappa shape index (κ2) is 16.8. The first-order valence-corrected chi connectivity index (χ1v) is 16.6. The number of likely N-dealkylation sites (N-methyl/N-ethyl adjacent to an activating group) is 1. The van der Waals surface area contributed by atoms with E-state index in [1.165, 1.54) is 6.42 Å². The monoisotopic (exact) mass is 621 g/mol. The zero-order valence-electron chi connectivity index (χ0n) is 27.4. The number of hydrogen-bond donors (Lipinski definition) is 2. The summed E-state index contributed by atoms with van der Waals surface area (Å²) in [6.45, 7) is 6.92. The maximum atomic E-state index is 14.3. The highest BCUT2D eigenvalue weighted by Gasteiger charge is 2.32. The molecule has 4 rings (SSSR count). The molecular formula is C36H51N3O6. The molecule has 2 aromatic carbocycles. The van der Waals surface area contributed by atoms with Crippen LogP contribution in [0.5, 0.6) is 5.75 Å². The van der Waals surface area contributed by atoms with Crippen LogP contribution < -0.4 is 10.1 Å². The highest BCUT2D eigenvalue weighted by Crippen LogP contribution is 2.29. The minimum absolute atomic E-state index is 0.0691. The minimum atomic E-state index is -0.483. The molecule has 0 aromatic heterocycles. The molecule has 0 radical (unpaired) electrons. The molecule has 1 aliphatic carbocycles. The molecule has 1 fully saturated rings. The lowest BCUT2D eigenvalue weighted by Crippen LogP contribution is -2.48. The Kier molecular flexibility index (Phi) is 12.8. The SMILES string of the molecule is C[C@@H]1CCCCO[C@H](CN(C)C(=O)C2CCCCC2)[C@H](C)CN([C@H](C)CO)C(=O)c2cc(NC(=O)c3ccccc3)ccc2O1. The van der Waals surface area contributed by atoms with Crippen LogP contribution in [-0.2, 0) is 9.53 Å². The number of fused-ring (bicyclic) bond motifs is 1. The van der Waals surface area contributed by atoms with Crippen molar-refractivity contribution in [2.45, 2.75) is 90.4 Å². The van der Waals surface area contributed by atoms with E-state index in [-0.39, 0.29) is 48.4 Å². The number of carbonyl (C=O) groups excluding carboxylic acids is 3. The van der Waals surface area contributed by atoms with Gasteiger partial charge in [-0.3, -0.25) is 14.4 Å². The van der Waals surface area contributed by atoms with Crippen LogP contribution in [0, 0.1) is 11.8 Å². The van der Waals surface area contributed by atoms with Gasteiger partial charge in [0, 0.05) is 49.8 Å². The number of hydrogen-bond acceptors (Lipinski definition) is 6. The lowest BCUT2D eigenvalue weighted by molar-refractivity contribution is -0.137. The fourth-order valence-corrected chi connectivity index (χ4v) is 6.28. The van der Waals surface area contributed by atoms with Crippen molar-refractivity contribution in [3.8, 4) is 5.75 Å². The van der Waals surface area contributed by atoms with Crippen molar-refractivity contribution >= 4 is 23.4 Å². The van der Waals surface area contributed by atoms with E-state index in [1.807, 2.05) is 38.8 Å². The van der Waals surface area contributed by atoms with Gasteiger partial charge in [-0.1, -0.05) is 44.4 Å². The molecule has 2 N–H and O–H groups in total. The average Bonchev–Trinajstić information content (AvgIpc) is 3.06. The molecule has 9 heteroatoms. The van der Waals surface area contributed by atoms with Crippen molar-refractivity contribution in [2.24, 2.45) is 11.8 Å². The molecule has 0 unspecified atom stereocenters. The van der Waals surface area contributed by atoms with E-state index < -0.39 is 6.04 Å². The van der Waals surface area contributed by atoms with Gasteiger partial charge < -0.3 is 29.7 Å². The molecule has 1 heterocycles. The van der Waals surface area contributed by atoms with Gasteiger partial charge >= 0.3 is 0 Å². The topological polar surface area (TPSA) is 108 Å². The molecule has 0 bridgehead atoms. The normalized spacial score (nSPS) is 22.8. The van der Waals surface area contributed by atoms with E-state index in [9.17, 15) is 19.5 Å². The maximum absolute atomic E-state index is 14.3. The number of anilines is 1. The summed E-state index contributed by atoms with van der Waals surface area (Å²) in [5.74, 6) is -0.0262. The molecule has 3 amide bonds. The largest absolute Gasteiger partial charge is 0.490 e. The van der Waals surface area contributed by atoms with Crippen molar-refractivity contribution in [2.75, 3.05) is 38.7 Å². The number of ether oxygens (including phenoxy) is 2. The molecule has 9 nitrogen and oxygen atoms in total. The van der Waals surface area contributed by atoms with Crippen LogP contribution in [0.25, 0.3) is 0 Å². The third kappa shape index (κ3) is 9.53. The molecule has 2 aromatic rings. The molecular weight excluding hydrogens is 570 g/mol. The molecule has 0 spiro atoms. The molecule has 0 saturated heterocycles. The van der Waals surface area contributed by atoms with Crippen molar-refractivity contribution < 1.29 is 29.0 Å². The Morgan fingerprint density at radius 1 is 1.02 bits per heavy atom. The zero-order chi connectivity index (χ0) is 32.3. The predicted octanol–water partition coefficient (Wildman–Crippen LogP) is 5.77. The van der Waals surface area contributed by atoms with Gasteiger partial charge in [0.1, 0.15) is 5.75 Å². The Morgan fingerprint density at radius 2 is 1.73 bits per heavy atom. The minimum Gasteiger partial charge on any atom is -0.490 e. The summed E-state index contributed by atoms with van der Waals surface area (Å²) in [4.78, 5) is 44.0. The van der Waals surface area contributed by atoms with Gasteiger partial charge in [-0.25, -0.2) is 0 Å². The first-order valence-electron chi connectivity index (χ1n) is 16.6. The smallest absolute Gasteiger partial charge is 0.258 e. The molecule has 246 valence electrons. The van der Waals surface area contributed by atoms with Crippen molar-refractivity contribution in [1.29, 1.82) is 0 Å². The van der Waals surface area contributed by atoms with E-state index >= 15 is 0 Å². The number of nitrogens with zero attached hydrogens (tertiary/aromatic N) is 2. The summed E-state index contributed by atoms with van der Waals surface area (Å²) >= 11 is 0. The van der Waals surface area contributed by atoms with Gasteiger partial charge in [0.25, 0.3) is 11.8 Å². The summed E-state index contributed by atoms with van der Waals surface area (Å²) < 4.78 is 12.7. The van der Waals surface area contributed by atoms with Crippen LogP contribution in [-0.4, -0.2) is 84.2 Å². The molecule has 1 aliphatic heterocycles. The quantitative estimate of drug-likeness (QED) is 0.406. The highest BCUT2D eigenvalue weighted by molar-refractivity contribution is 6.05. The van der Waals surface area contributed by atoms with E-state index in [0.29, 0.717) is 42.3 Å². The second-order valence-corrected chi connectivity index (χ2v) is 12.9. The van der Waals surface area contributed by atoms with E-state index in [0.717, 1.165) is 44.9 Å². The van der Waals surface area contributed by atoms with Gasteiger partial charge in [-0.05, 0) is 76.3 Å². The molecule has 45 heavy (non-hydrogen) atoms. The fourth-order valence-electron chi connectivity index (χ4n) is 6.28. The van der Waals surface area contributed by atoms with Crippen LogP contribution in [0.3, 0.4) is 0 Å². The number of amides is 3. The van der Waals surface area contributed by atoms with Gasteiger partial charge in [-0.15, -0.1) is 0 Å². The summed E-state index contributed by atoms with van der Waals surface area (Å²) in [5, 5.41) is 13.1. The number of benzene rings is 2. The number of aliphatic hydroxyl groups excluding tert-OH is 1. The molecule has 4 atom stereocenters. The highest BCUT2D eigenvalue weighted by atomic mass is 16.5.